The molecule has 0 saturated heterocycles. The summed E-state index contributed by atoms with van der Waals surface area (Å²) in [7, 11) is -3.39. The minimum absolute atomic E-state index is 0.124. The van der Waals surface area contributed by atoms with E-state index in [4.69, 9.17) is 16.3 Å². The zero-order valence-electron chi connectivity index (χ0n) is 9.11. The molecule has 1 atom stereocenters. The van der Waals surface area contributed by atoms with Crippen LogP contribution >= 0.6 is 11.6 Å². The molecule has 0 spiro atoms. The first-order valence-corrected chi connectivity index (χ1v) is 8.05. The molecule has 1 aliphatic heterocycles. The predicted octanol–water partition coefficient (Wildman–Crippen LogP) is 1.08. The molecule has 100 valence electrons. The third-order valence-electron chi connectivity index (χ3n) is 1.82. The maximum atomic E-state index is 11.5. The van der Waals surface area contributed by atoms with Crippen molar-refractivity contribution in [2.75, 3.05) is 0 Å². The molecule has 0 aliphatic carbocycles. The number of ether oxygens (including phenoxy) is 1. The number of hydrogen-bond donors (Lipinski definition) is 1. The maximum absolute atomic E-state index is 11.5. The summed E-state index contributed by atoms with van der Waals surface area (Å²) < 4.78 is 26.2. The van der Waals surface area contributed by atoms with E-state index >= 15 is 0 Å². The monoisotopic (exact) mass is 319 g/mol. The smallest absolute Gasteiger partial charge is 0.408 e. The van der Waals surface area contributed by atoms with Crippen LogP contribution in [0.15, 0.2) is 34.6 Å². The molecule has 0 bridgehead atoms. The van der Waals surface area contributed by atoms with Gasteiger partial charge in [-0.1, -0.05) is 11.6 Å². The molecule has 1 unspecified atom stereocenters. The van der Waals surface area contributed by atoms with E-state index in [9.17, 15) is 13.2 Å². The second-order valence-corrected chi connectivity index (χ2v) is 6.97. The number of aromatic nitrogens is 1. The Morgan fingerprint density at radius 1 is 1.42 bits per heavy atom. The standard InChI is InChI=1S/C9H6ClN3O4S2/c10-7-2-1-6(3-11-7)17-9(14)13-8-4-18(5-12-8)19(15)16/h1-5H,(H,13,14). The number of carbonyl (C=O) groups is 1. The predicted molar refractivity (Wildman–Crippen MR) is 71.3 cm³/mol. The lowest BCUT2D eigenvalue weighted by molar-refractivity contribution is 0.203. The molecular weight excluding hydrogens is 314 g/mol. The first kappa shape index (κ1) is 13.7. The Morgan fingerprint density at radius 2 is 2.21 bits per heavy atom. The molecule has 0 aromatic carbocycles. The molecule has 0 radical (unpaired) electrons. The quantitative estimate of drug-likeness (QED) is 0.822. The lowest BCUT2D eigenvalue weighted by atomic mass is 10.5. The minimum atomic E-state index is -2.28. The van der Waals surface area contributed by atoms with Crippen LogP contribution in [0.1, 0.15) is 0 Å². The van der Waals surface area contributed by atoms with E-state index in [-0.39, 0.29) is 16.7 Å². The van der Waals surface area contributed by atoms with Gasteiger partial charge < -0.3 is 4.74 Å². The Hall–Kier alpha value is -1.71. The fraction of sp³-hybridized carbons (Fsp3) is 0. The highest BCUT2D eigenvalue weighted by molar-refractivity contribution is 8.42. The van der Waals surface area contributed by atoms with Crippen molar-refractivity contribution in [1.82, 2.24) is 10.3 Å². The second-order valence-electron chi connectivity index (χ2n) is 3.10. The molecule has 7 nitrogen and oxygen atoms in total. The maximum Gasteiger partial charge on any atom is 0.418 e. The number of halogens is 1. The van der Waals surface area contributed by atoms with Crippen LogP contribution in [0.4, 0.5) is 4.79 Å². The molecular formula is C9H6ClN3O4S2. The van der Waals surface area contributed by atoms with Crippen molar-refractivity contribution >= 4 is 42.0 Å². The number of nitrogens with zero attached hydrogens (tertiary/aromatic N) is 2. The van der Waals surface area contributed by atoms with Gasteiger partial charge in [0.25, 0.3) is 0 Å². The Morgan fingerprint density at radius 3 is 2.79 bits per heavy atom. The van der Waals surface area contributed by atoms with Gasteiger partial charge in [-0.3, -0.25) is 5.32 Å². The minimum Gasteiger partial charge on any atom is -0.408 e. The SMILES string of the molecule is O=C(NC1=CS(=S(=O)=O)C=N1)Oc1ccc(Cl)nc1. The van der Waals surface area contributed by atoms with Gasteiger partial charge in [0.1, 0.15) is 11.0 Å². The first-order valence-electron chi connectivity index (χ1n) is 4.72. The highest BCUT2D eigenvalue weighted by atomic mass is 35.5. The van der Waals surface area contributed by atoms with Crippen molar-refractivity contribution in [1.29, 1.82) is 0 Å². The highest BCUT2D eigenvalue weighted by Gasteiger charge is 2.11. The van der Waals surface area contributed by atoms with E-state index in [1.807, 2.05) is 0 Å². The van der Waals surface area contributed by atoms with Crippen LogP contribution in [0.5, 0.6) is 5.75 Å². The fourth-order valence-corrected chi connectivity index (χ4v) is 2.80. The summed E-state index contributed by atoms with van der Waals surface area (Å²) in [6.07, 6.45) is 0.487. The molecule has 2 heterocycles. The molecule has 19 heavy (non-hydrogen) atoms. The van der Waals surface area contributed by atoms with Gasteiger partial charge in [0.05, 0.1) is 11.7 Å². The number of rotatable bonds is 2. The van der Waals surface area contributed by atoms with E-state index in [0.29, 0.717) is 0 Å². The summed E-state index contributed by atoms with van der Waals surface area (Å²) in [5, 5.41) is 3.89. The van der Waals surface area contributed by atoms with Crippen LogP contribution in [-0.2, 0) is 18.7 Å². The topological polar surface area (TPSA) is 97.7 Å². The third-order valence-corrected chi connectivity index (χ3v) is 4.62. The molecule has 2 rings (SSSR count). The molecule has 1 aromatic rings. The van der Waals surface area contributed by atoms with Crippen LogP contribution < -0.4 is 10.1 Å². The molecule has 1 aromatic heterocycles. The summed E-state index contributed by atoms with van der Waals surface area (Å²) in [5.74, 6) is 0.329. The van der Waals surface area contributed by atoms with E-state index in [1.165, 1.54) is 29.3 Å². The number of aliphatic imine (C=N–C) groups is 1. The van der Waals surface area contributed by atoms with E-state index in [2.05, 4.69) is 15.3 Å². The molecule has 1 N–H and O–H groups in total. The normalized spacial score (nSPS) is 16.9. The zero-order valence-corrected chi connectivity index (χ0v) is 11.5. The Balaban J connectivity index is 2.00. The number of hydrogen-bond acceptors (Lipinski definition) is 6. The molecule has 10 heteroatoms. The summed E-state index contributed by atoms with van der Waals surface area (Å²) in [5.41, 5.74) is 1.22. The number of carbonyl (C=O) groups excluding carboxylic acids is 1. The lowest BCUT2D eigenvalue weighted by Crippen LogP contribution is -2.25. The Kier molecular flexibility index (Phi) is 4.30. The largest absolute Gasteiger partial charge is 0.418 e. The van der Waals surface area contributed by atoms with E-state index in [1.54, 1.807) is 0 Å². The van der Waals surface area contributed by atoms with Crippen molar-refractivity contribution in [3.63, 3.8) is 0 Å². The fourth-order valence-electron chi connectivity index (χ4n) is 1.08. The van der Waals surface area contributed by atoms with E-state index in [0.717, 1.165) is 0 Å². The van der Waals surface area contributed by atoms with Gasteiger partial charge in [0, 0.05) is 14.9 Å². The third kappa shape index (κ3) is 3.88. The van der Waals surface area contributed by atoms with Crippen molar-refractivity contribution in [2.45, 2.75) is 0 Å². The Labute approximate surface area is 116 Å². The highest BCUT2D eigenvalue weighted by Crippen LogP contribution is 2.12. The van der Waals surface area contributed by atoms with Crippen molar-refractivity contribution in [2.24, 2.45) is 4.99 Å². The van der Waals surface area contributed by atoms with Gasteiger partial charge >= 0.3 is 6.09 Å². The molecule has 1 amide bonds. The average Bonchev–Trinajstić information content (AvgIpc) is 2.80. The second kappa shape index (κ2) is 5.95. The molecule has 1 aliphatic rings. The van der Waals surface area contributed by atoms with Gasteiger partial charge in [-0.15, -0.1) is 0 Å². The van der Waals surface area contributed by atoms with Gasteiger partial charge in [-0.25, -0.2) is 14.8 Å². The molecule has 0 fully saturated rings. The van der Waals surface area contributed by atoms with Crippen LogP contribution in [0.25, 0.3) is 0 Å². The summed E-state index contributed by atoms with van der Waals surface area (Å²) in [6.45, 7) is 0. The van der Waals surface area contributed by atoms with Crippen LogP contribution in [0.2, 0.25) is 5.15 Å². The zero-order chi connectivity index (χ0) is 13.8. The van der Waals surface area contributed by atoms with Crippen LogP contribution in [0.3, 0.4) is 0 Å². The summed E-state index contributed by atoms with van der Waals surface area (Å²) in [6, 6.07) is 2.94. The Bertz CT molecular complexity index is 701. The number of amides is 1. The first-order chi connectivity index (χ1) is 9.04. The van der Waals surface area contributed by atoms with Crippen molar-refractivity contribution in [3.05, 3.63) is 34.7 Å². The number of pyridine rings is 1. The van der Waals surface area contributed by atoms with Gasteiger partial charge in [-0.05, 0) is 12.1 Å². The average molecular weight is 320 g/mol. The van der Waals surface area contributed by atoms with Crippen LogP contribution in [-0.4, -0.2) is 25.0 Å². The van der Waals surface area contributed by atoms with Gasteiger partial charge in [0.15, 0.2) is 5.75 Å². The van der Waals surface area contributed by atoms with Crippen molar-refractivity contribution < 1.29 is 17.9 Å². The summed E-state index contributed by atoms with van der Waals surface area (Å²) in [4.78, 5) is 18.9. The van der Waals surface area contributed by atoms with E-state index < -0.39 is 24.8 Å². The van der Waals surface area contributed by atoms with Crippen molar-refractivity contribution in [3.8, 4) is 5.75 Å². The molecule has 0 saturated carbocycles. The summed E-state index contributed by atoms with van der Waals surface area (Å²) >= 11 is 5.58. The number of nitrogens with one attached hydrogen (secondary N) is 1. The van der Waals surface area contributed by atoms with Crippen LogP contribution in [0, 0.1) is 0 Å². The van der Waals surface area contributed by atoms with Gasteiger partial charge in [0.2, 0.25) is 9.26 Å². The lowest BCUT2D eigenvalue weighted by Gasteiger charge is -2.04. The van der Waals surface area contributed by atoms with Gasteiger partial charge in [-0.2, -0.15) is 8.42 Å².